The zero-order valence-electron chi connectivity index (χ0n) is 3.52. The van der Waals surface area contributed by atoms with Crippen molar-refractivity contribution in [2.45, 2.75) is 0 Å². The van der Waals surface area contributed by atoms with Crippen molar-refractivity contribution in [3.8, 4) is 0 Å². The second-order valence-electron chi connectivity index (χ2n) is 0.659. The summed E-state index contributed by atoms with van der Waals surface area (Å²) in [7, 11) is 0. The maximum Gasteiger partial charge on any atom is 0.419 e. The summed E-state index contributed by atoms with van der Waals surface area (Å²) in [6, 6.07) is 0. The van der Waals surface area contributed by atoms with Crippen LogP contribution in [0, 0.1) is 0 Å². The molecule has 7 heavy (non-hydrogen) atoms. The highest BCUT2D eigenvalue weighted by molar-refractivity contribution is 9.09. The lowest BCUT2D eigenvalue weighted by Gasteiger charge is -1.91. The van der Waals surface area contributed by atoms with Gasteiger partial charge in [-0.15, -0.1) is 0 Å². The molecule has 0 bridgehead atoms. The molecule has 4 heteroatoms. The fraction of sp³-hybridized carbons (Fsp3) is 0.667. The van der Waals surface area contributed by atoms with Crippen LogP contribution in [-0.4, -0.2) is 18.8 Å². The van der Waals surface area contributed by atoms with Crippen LogP contribution in [0.5, 0.6) is 0 Å². The Labute approximate surface area is 49.7 Å². The Bertz CT molecular complexity index is 47.4. The van der Waals surface area contributed by atoms with E-state index in [1.807, 2.05) is 0 Å². The third-order valence-electron chi connectivity index (χ3n) is 0.278. The molecule has 0 saturated heterocycles. The maximum atomic E-state index is 9.24. The van der Waals surface area contributed by atoms with Gasteiger partial charge in [0.2, 0.25) is 0 Å². The SMILES string of the molecule is O=[C]OCOCBr. The highest BCUT2D eigenvalue weighted by Crippen LogP contribution is 1.80. The molecule has 1 radical (unpaired) electrons. The summed E-state index contributed by atoms with van der Waals surface area (Å²) >= 11 is 2.95. The summed E-state index contributed by atoms with van der Waals surface area (Å²) in [5, 5.41) is 0. The molecule has 3 nitrogen and oxygen atoms in total. The minimum atomic E-state index is -0.0330. The Morgan fingerprint density at radius 1 is 1.71 bits per heavy atom. The van der Waals surface area contributed by atoms with Gasteiger partial charge in [0, 0.05) is 0 Å². The maximum absolute atomic E-state index is 9.24. The van der Waals surface area contributed by atoms with E-state index in [0.29, 0.717) is 5.52 Å². The predicted molar refractivity (Wildman–Crippen MR) is 26.5 cm³/mol. The number of hydrogen-bond donors (Lipinski definition) is 0. The van der Waals surface area contributed by atoms with Gasteiger partial charge < -0.3 is 9.47 Å². The van der Waals surface area contributed by atoms with E-state index >= 15 is 0 Å². The molecule has 0 aliphatic rings. The van der Waals surface area contributed by atoms with Crippen LogP contribution >= 0.6 is 15.9 Å². The molecule has 0 saturated carbocycles. The zero-order valence-corrected chi connectivity index (χ0v) is 5.10. The first kappa shape index (κ1) is 6.91. The van der Waals surface area contributed by atoms with Gasteiger partial charge in [-0.3, -0.25) is 0 Å². The summed E-state index contributed by atoms with van der Waals surface area (Å²) in [6.07, 6.45) is 0. The second kappa shape index (κ2) is 5.91. The minimum Gasteiger partial charge on any atom is -0.430 e. The molecule has 0 aromatic heterocycles. The van der Waals surface area contributed by atoms with Gasteiger partial charge >= 0.3 is 6.47 Å². The molecule has 0 aliphatic carbocycles. The molecule has 0 heterocycles. The van der Waals surface area contributed by atoms with Crippen LogP contribution in [0.3, 0.4) is 0 Å². The first-order valence-electron chi connectivity index (χ1n) is 1.54. The molecule has 0 fully saturated rings. The van der Waals surface area contributed by atoms with E-state index in [1.54, 1.807) is 0 Å². The Kier molecular flexibility index (Phi) is 5.83. The van der Waals surface area contributed by atoms with Crippen molar-refractivity contribution >= 4 is 22.4 Å². The third kappa shape index (κ3) is 5.91. The molecular weight excluding hydrogens is 164 g/mol. The normalized spacial score (nSPS) is 8.14. The van der Waals surface area contributed by atoms with Crippen molar-refractivity contribution in [2.24, 2.45) is 0 Å². The Morgan fingerprint density at radius 3 is 2.86 bits per heavy atom. The topological polar surface area (TPSA) is 35.5 Å². The van der Waals surface area contributed by atoms with Gasteiger partial charge in [-0.1, -0.05) is 15.9 Å². The lowest BCUT2D eigenvalue weighted by Crippen LogP contribution is -1.94. The van der Waals surface area contributed by atoms with E-state index in [9.17, 15) is 4.79 Å². The zero-order chi connectivity index (χ0) is 5.54. The summed E-state index contributed by atoms with van der Waals surface area (Å²) in [5.74, 6) is 0. The average molecular weight is 168 g/mol. The number of rotatable bonds is 4. The molecule has 0 unspecified atom stereocenters. The van der Waals surface area contributed by atoms with Crippen LogP contribution in [0.15, 0.2) is 0 Å². The van der Waals surface area contributed by atoms with E-state index in [0.717, 1.165) is 0 Å². The Hall–Kier alpha value is -0.0900. The lowest BCUT2D eigenvalue weighted by molar-refractivity contribution is 0.0331. The van der Waals surface area contributed by atoms with Crippen LogP contribution in [0.4, 0.5) is 0 Å². The summed E-state index contributed by atoms with van der Waals surface area (Å²) in [6.45, 7) is 1.17. The summed E-state index contributed by atoms with van der Waals surface area (Å²) < 4.78 is 8.52. The van der Waals surface area contributed by atoms with Crippen LogP contribution in [-0.2, 0) is 14.3 Å². The van der Waals surface area contributed by atoms with Crippen LogP contribution < -0.4 is 0 Å². The number of hydrogen-bond acceptors (Lipinski definition) is 3. The van der Waals surface area contributed by atoms with E-state index < -0.39 is 0 Å². The van der Waals surface area contributed by atoms with Gasteiger partial charge in [-0.2, -0.15) is 0 Å². The number of carbonyl (C=O) groups excluding carboxylic acids is 1. The lowest BCUT2D eigenvalue weighted by atomic mass is 11.3. The van der Waals surface area contributed by atoms with E-state index in [1.165, 1.54) is 6.47 Å². The van der Waals surface area contributed by atoms with Crippen molar-refractivity contribution < 1.29 is 14.3 Å². The van der Waals surface area contributed by atoms with E-state index in [4.69, 9.17) is 0 Å². The molecule has 41 valence electrons. The van der Waals surface area contributed by atoms with Gasteiger partial charge in [0.05, 0.1) is 0 Å². The van der Waals surface area contributed by atoms with Crippen LogP contribution in [0.25, 0.3) is 0 Å². The first-order valence-corrected chi connectivity index (χ1v) is 2.66. The standard InChI is InChI=1S/C3H4BrO3/c4-1-6-3-7-2-5/h1,3H2. The van der Waals surface area contributed by atoms with Crippen molar-refractivity contribution in [2.75, 3.05) is 12.3 Å². The van der Waals surface area contributed by atoms with Gasteiger partial charge in [0.15, 0.2) is 6.79 Å². The molecule has 0 aromatic carbocycles. The molecular formula is C3H4BrO3. The van der Waals surface area contributed by atoms with Crippen LogP contribution in [0.1, 0.15) is 0 Å². The molecule has 0 N–H and O–H groups in total. The third-order valence-corrected chi connectivity index (χ3v) is 0.602. The Morgan fingerprint density at radius 2 is 2.43 bits per heavy atom. The molecule has 0 rings (SSSR count). The molecule has 0 aromatic rings. The van der Waals surface area contributed by atoms with Crippen LogP contribution in [0.2, 0.25) is 0 Å². The smallest absolute Gasteiger partial charge is 0.419 e. The largest absolute Gasteiger partial charge is 0.430 e. The molecule has 0 atom stereocenters. The molecule has 0 amide bonds. The minimum absolute atomic E-state index is 0.0330. The van der Waals surface area contributed by atoms with Gasteiger partial charge in [0.1, 0.15) is 5.52 Å². The van der Waals surface area contributed by atoms with Crippen molar-refractivity contribution in [1.29, 1.82) is 0 Å². The molecule has 0 aliphatic heterocycles. The van der Waals surface area contributed by atoms with Crippen molar-refractivity contribution in [3.05, 3.63) is 0 Å². The summed E-state index contributed by atoms with van der Waals surface area (Å²) in [5.41, 5.74) is 0.370. The number of halogens is 1. The summed E-state index contributed by atoms with van der Waals surface area (Å²) in [4.78, 5) is 9.24. The molecule has 0 spiro atoms. The second-order valence-corrected chi connectivity index (χ2v) is 1.12. The quantitative estimate of drug-likeness (QED) is 0.346. The Balaban J connectivity index is 2.56. The van der Waals surface area contributed by atoms with Gasteiger partial charge in [-0.25, -0.2) is 4.79 Å². The predicted octanol–water partition coefficient (Wildman–Crippen LogP) is 0.397. The fourth-order valence-corrected chi connectivity index (χ4v) is 0.229. The fourth-order valence-electron chi connectivity index (χ4n) is 0.0972. The number of alkyl halides is 1. The monoisotopic (exact) mass is 167 g/mol. The van der Waals surface area contributed by atoms with E-state index in [-0.39, 0.29) is 6.79 Å². The highest BCUT2D eigenvalue weighted by Gasteiger charge is 1.78. The van der Waals surface area contributed by atoms with Gasteiger partial charge in [-0.05, 0) is 0 Å². The van der Waals surface area contributed by atoms with Crippen molar-refractivity contribution in [3.63, 3.8) is 0 Å². The van der Waals surface area contributed by atoms with E-state index in [2.05, 4.69) is 25.4 Å². The van der Waals surface area contributed by atoms with Gasteiger partial charge in [0.25, 0.3) is 0 Å². The first-order chi connectivity index (χ1) is 3.41. The highest BCUT2D eigenvalue weighted by atomic mass is 79.9. The van der Waals surface area contributed by atoms with Crippen molar-refractivity contribution in [1.82, 2.24) is 0 Å². The average Bonchev–Trinajstić information content (AvgIpc) is 1.69. The number of ether oxygens (including phenoxy) is 2.